The Hall–Kier alpha value is -1.30. The van der Waals surface area contributed by atoms with Gasteiger partial charge in [0, 0.05) is 25.3 Å². The van der Waals surface area contributed by atoms with E-state index < -0.39 is 24.5 Å². The fraction of sp³-hybridized carbons (Fsp3) is 0.500. The summed E-state index contributed by atoms with van der Waals surface area (Å²) >= 11 is 0. The van der Waals surface area contributed by atoms with Crippen molar-refractivity contribution in [3.63, 3.8) is 0 Å². The van der Waals surface area contributed by atoms with Gasteiger partial charge in [0.05, 0.1) is 5.92 Å². The molecule has 0 amide bonds. The fourth-order valence-corrected chi connectivity index (χ4v) is 1.65. The number of halogens is 4. The molecule has 102 valence electrons. The summed E-state index contributed by atoms with van der Waals surface area (Å²) in [6, 6.07) is 5.37. The van der Waals surface area contributed by atoms with Crippen LogP contribution in [0.2, 0.25) is 0 Å². The molecule has 6 heteroatoms. The van der Waals surface area contributed by atoms with Gasteiger partial charge in [-0.1, -0.05) is 0 Å². The molecule has 0 bridgehead atoms. The van der Waals surface area contributed by atoms with Crippen LogP contribution in [0.15, 0.2) is 24.3 Å². The quantitative estimate of drug-likeness (QED) is 0.829. The molecule has 0 spiro atoms. The van der Waals surface area contributed by atoms with Crippen molar-refractivity contribution in [3.05, 3.63) is 30.1 Å². The minimum absolute atomic E-state index is 0.220. The van der Waals surface area contributed by atoms with Gasteiger partial charge in [-0.2, -0.15) is 13.2 Å². The highest BCUT2D eigenvalue weighted by Gasteiger charge is 2.39. The SMILES string of the molecule is CCN(CC(CN)C(F)(F)F)c1ccc(F)cc1. The number of alkyl halides is 3. The molecule has 0 fully saturated rings. The van der Waals surface area contributed by atoms with Gasteiger partial charge in [0.2, 0.25) is 0 Å². The molecule has 2 N–H and O–H groups in total. The lowest BCUT2D eigenvalue weighted by atomic mass is 10.1. The Morgan fingerprint density at radius 3 is 2.17 bits per heavy atom. The number of hydrogen-bond donors (Lipinski definition) is 1. The van der Waals surface area contributed by atoms with Crippen molar-refractivity contribution in [2.45, 2.75) is 13.1 Å². The minimum Gasteiger partial charge on any atom is -0.371 e. The topological polar surface area (TPSA) is 29.3 Å². The van der Waals surface area contributed by atoms with Gasteiger partial charge in [0.1, 0.15) is 5.82 Å². The van der Waals surface area contributed by atoms with Crippen molar-refractivity contribution in [1.82, 2.24) is 0 Å². The molecule has 1 aromatic carbocycles. The molecule has 0 saturated carbocycles. The number of hydrogen-bond acceptors (Lipinski definition) is 2. The Morgan fingerprint density at radius 1 is 1.22 bits per heavy atom. The number of nitrogens with two attached hydrogens (primary N) is 1. The Labute approximate surface area is 103 Å². The van der Waals surface area contributed by atoms with Gasteiger partial charge >= 0.3 is 6.18 Å². The second kappa shape index (κ2) is 6.04. The van der Waals surface area contributed by atoms with Crippen LogP contribution in [0.1, 0.15) is 6.92 Å². The maximum Gasteiger partial charge on any atom is 0.394 e. The highest BCUT2D eigenvalue weighted by molar-refractivity contribution is 5.46. The van der Waals surface area contributed by atoms with Crippen LogP contribution in [0.4, 0.5) is 23.2 Å². The first-order chi connectivity index (χ1) is 8.38. The fourth-order valence-electron chi connectivity index (χ4n) is 1.65. The van der Waals surface area contributed by atoms with E-state index in [0.717, 1.165) is 0 Å². The molecule has 0 aliphatic carbocycles. The molecule has 0 aliphatic heterocycles. The third-order valence-electron chi connectivity index (χ3n) is 2.76. The predicted molar refractivity (Wildman–Crippen MR) is 62.9 cm³/mol. The Bertz CT molecular complexity index is 361. The van der Waals surface area contributed by atoms with Gasteiger partial charge in [-0.15, -0.1) is 0 Å². The molecule has 18 heavy (non-hydrogen) atoms. The first-order valence-corrected chi connectivity index (χ1v) is 5.65. The average Bonchev–Trinajstić information content (AvgIpc) is 2.30. The number of nitrogens with zero attached hydrogens (tertiary/aromatic N) is 1. The van der Waals surface area contributed by atoms with Crippen molar-refractivity contribution in [2.75, 3.05) is 24.5 Å². The van der Waals surface area contributed by atoms with Gasteiger partial charge in [0.15, 0.2) is 0 Å². The molecular weight excluding hydrogens is 248 g/mol. The van der Waals surface area contributed by atoms with E-state index in [4.69, 9.17) is 5.73 Å². The minimum atomic E-state index is -4.32. The maximum atomic E-state index is 12.8. The average molecular weight is 264 g/mol. The van der Waals surface area contributed by atoms with Gasteiger partial charge in [0.25, 0.3) is 0 Å². The van der Waals surface area contributed by atoms with Crippen LogP contribution in [0.5, 0.6) is 0 Å². The van der Waals surface area contributed by atoms with Crippen LogP contribution in [0.3, 0.4) is 0 Å². The van der Waals surface area contributed by atoms with Crippen LogP contribution in [-0.2, 0) is 0 Å². The van der Waals surface area contributed by atoms with Crippen molar-refractivity contribution >= 4 is 5.69 Å². The zero-order chi connectivity index (χ0) is 13.8. The number of benzene rings is 1. The third-order valence-corrected chi connectivity index (χ3v) is 2.76. The summed E-state index contributed by atoms with van der Waals surface area (Å²) in [5, 5.41) is 0. The first-order valence-electron chi connectivity index (χ1n) is 5.65. The van der Waals surface area contributed by atoms with Crippen LogP contribution < -0.4 is 10.6 Å². The highest BCUT2D eigenvalue weighted by Crippen LogP contribution is 2.27. The van der Waals surface area contributed by atoms with Gasteiger partial charge < -0.3 is 10.6 Å². The summed E-state index contributed by atoms with van der Waals surface area (Å²) in [6.07, 6.45) is -4.32. The van der Waals surface area contributed by atoms with Gasteiger partial charge in [-0.3, -0.25) is 0 Å². The monoisotopic (exact) mass is 264 g/mol. The largest absolute Gasteiger partial charge is 0.394 e. The van der Waals surface area contributed by atoms with Crippen molar-refractivity contribution < 1.29 is 17.6 Å². The van der Waals surface area contributed by atoms with E-state index in [0.29, 0.717) is 12.2 Å². The van der Waals surface area contributed by atoms with E-state index in [9.17, 15) is 17.6 Å². The molecule has 1 rings (SSSR count). The Morgan fingerprint density at radius 2 is 1.78 bits per heavy atom. The molecule has 0 aromatic heterocycles. The Balaban J connectivity index is 2.81. The summed E-state index contributed by atoms with van der Waals surface area (Å²) in [5.41, 5.74) is 5.71. The molecule has 0 radical (unpaired) electrons. The lowest BCUT2D eigenvalue weighted by Crippen LogP contribution is -2.41. The summed E-state index contributed by atoms with van der Waals surface area (Å²) < 4.78 is 50.6. The van der Waals surface area contributed by atoms with Gasteiger partial charge in [-0.25, -0.2) is 4.39 Å². The maximum absolute atomic E-state index is 12.8. The summed E-state index contributed by atoms with van der Waals surface area (Å²) in [4.78, 5) is 1.53. The van der Waals surface area contributed by atoms with E-state index in [-0.39, 0.29) is 6.54 Å². The lowest BCUT2D eigenvalue weighted by Gasteiger charge is -2.29. The molecule has 0 heterocycles. The van der Waals surface area contributed by atoms with Crippen LogP contribution >= 0.6 is 0 Å². The van der Waals surface area contributed by atoms with Crippen molar-refractivity contribution in [3.8, 4) is 0 Å². The van der Waals surface area contributed by atoms with E-state index in [1.165, 1.54) is 29.2 Å². The summed E-state index contributed by atoms with van der Waals surface area (Å²) in [7, 11) is 0. The molecule has 0 saturated heterocycles. The summed E-state index contributed by atoms with van der Waals surface area (Å²) in [6.45, 7) is 1.47. The third kappa shape index (κ3) is 3.87. The van der Waals surface area contributed by atoms with Crippen LogP contribution in [0, 0.1) is 11.7 Å². The second-order valence-electron chi connectivity index (χ2n) is 3.99. The molecular formula is C12H16F4N2. The highest BCUT2D eigenvalue weighted by atomic mass is 19.4. The molecule has 1 unspecified atom stereocenters. The smallest absolute Gasteiger partial charge is 0.371 e. The zero-order valence-electron chi connectivity index (χ0n) is 10.0. The number of anilines is 1. The zero-order valence-corrected chi connectivity index (χ0v) is 10.0. The second-order valence-corrected chi connectivity index (χ2v) is 3.99. The van der Waals surface area contributed by atoms with Crippen molar-refractivity contribution in [1.29, 1.82) is 0 Å². The van der Waals surface area contributed by atoms with Crippen LogP contribution in [0.25, 0.3) is 0 Å². The molecule has 1 atom stereocenters. The lowest BCUT2D eigenvalue weighted by molar-refractivity contribution is -0.168. The molecule has 2 nitrogen and oxygen atoms in total. The normalized spacial score (nSPS) is 13.4. The predicted octanol–water partition coefficient (Wildman–Crippen LogP) is 2.79. The van der Waals surface area contributed by atoms with E-state index >= 15 is 0 Å². The standard InChI is InChI=1S/C12H16F4N2/c1-2-18(8-9(7-17)12(14,15)16)11-5-3-10(13)4-6-11/h3-6,9H,2,7-8,17H2,1H3. The first kappa shape index (κ1) is 14.8. The molecule has 0 aliphatic rings. The van der Waals surface area contributed by atoms with E-state index in [2.05, 4.69) is 0 Å². The van der Waals surface area contributed by atoms with Crippen LogP contribution in [-0.4, -0.2) is 25.8 Å². The van der Waals surface area contributed by atoms with E-state index in [1.807, 2.05) is 0 Å². The Kier molecular flexibility index (Phi) is 4.95. The van der Waals surface area contributed by atoms with E-state index in [1.54, 1.807) is 6.92 Å². The van der Waals surface area contributed by atoms with Gasteiger partial charge in [-0.05, 0) is 31.2 Å². The number of rotatable bonds is 5. The summed E-state index contributed by atoms with van der Waals surface area (Å²) in [5.74, 6) is -2.00. The molecule has 1 aromatic rings. The van der Waals surface area contributed by atoms with Crippen molar-refractivity contribution in [2.24, 2.45) is 11.7 Å².